The Kier molecular flexibility index (Phi) is 6.88. The van der Waals surface area contributed by atoms with Crippen LogP contribution in [0.25, 0.3) is 22.2 Å². The lowest BCUT2D eigenvalue weighted by Gasteiger charge is -2.19. The molecule has 0 saturated carbocycles. The highest BCUT2D eigenvalue weighted by Gasteiger charge is 2.31. The number of amides is 1. The molecule has 5 rings (SSSR count). The highest BCUT2D eigenvalue weighted by molar-refractivity contribution is 5.99. The standard InChI is InChI=1S/C28H25F3N4O3/c1-14-13-38-26-20(14)11-22(33-25(26)16-4-6-19(29)7-5-16)21(27(30)31)12-32-28(36)18-9-17-8-15(2)34-35-24(17)23(10-18)37-3/h4-11,14,21,27H,12-13H2,1-3H3,(H,32,36). The summed E-state index contributed by atoms with van der Waals surface area (Å²) in [6, 6.07) is 12.1. The number of benzene rings is 2. The third kappa shape index (κ3) is 4.85. The lowest BCUT2D eigenvalue weighted by Crippen LogP contribution is -2.31. The number of methoxy groups -OCH3 is 1. The van der Waals surface area contributed by atoms with Gasteiger partial charge in [0.1, 0.15) is 28.5 Å². The van der Waals surface area contributed by atoms with E-state index in [1.807, 2.05) is 6.92 Å². The molecular weight excluding hydrogens is 497 g/mol. The lowest BCUT2D eigenvalue weighted by atomic mass is 9.96. The van der Waals surface area contributed by atoms with Crippen molar-refractivity contribution in [2.24, 2.45) is 0 Å². The number of aryl methyl sites for hydroxylation is 1. The monoisotopic (exact) mass is 522 g/mol. The van der Waals surface area contributed by atoms with Crippen LogP contribution in [0.15, 0.2) is 48.5 Å². The number of hydrogen-bond acceptors (Lipinski definition) is 6. The van der Waals surface area contributed by atoms with Crippen molar-refractivity contribution in [3.05, 3.63) is 76.9 Å². The summed E-state index contributed by atoms with van der Waals surface area (Å²) >= 11 is 0. The number of rotatable bonds is 7. The van der Waals surface area contributed by atoms with Gasteiger partial charge in [-0.05, 0) is 55.5 Å². The largest absolute Gasteiger partial charge is 0.494 e. The maximum Gasteiger partial charge on any atom is 0.251 e. The van der Waals surface area contributed by atoms with E-state index in [0.29, 0.717) is 46.0 Å². The second-order valence-electron chi connectivity index (χ2n) is 9.29. The topological polar surface area (TPSA) is 86.2 Å². The number of ether oxygens (including phenoxy) is 2. The molecule has 1 amide bonds. The summed E-state index contributed by atoms with van der Waals surface area (Å²) in [6.45, 7) is 3.74. The van der Waals surface area contributed by atoms with Crippen molar-refractivity contribution in [1.29, 1.82) is 0 Å². The van der Waals surface area contributed by atoms with Crippen LogP contribution in [0.4, 0.5) is 13.2 Å². The first-order valence-electron chi connectivity index (χ1n) is 12.1. The Morgan fingerprint density at radius 1 is 1.16 bits per heavy atom. The molecule has 7 nitrogen and oxygen atoms in total. The lowest BCUT2D eigenvalue weighted by molar-refractivity contribution is 0.0898. The Bertz CT molecular complexity index is 1510. The Hall–Kier alpha value is -4.21. The van der Waals surface area contributed by atoms with Gasteiger partial charge in [0.15, 0.2) is 0 Å². The number of hydrogen-bond donors (Lipinski definition) is 1. The first-order chi connectivity index (χ1) is 18.2. The number of carbonyl (C=O) groups excluding carboxylic acids is 1. The second kappa shape index (κ2) is 10.3. The van der Waals surface area contributed by atoms with E-state index in [1.54, 1.807) is 25.1 Å². The number of carbonyl (C=O) groups is 1. The van der Waals surface area contributed by atoms with E-state index in [0.717, 1.165) is 5.56 Å². The number of halogens is 3. The van der Waals surface area contributed by atoms with Crippen LogP contribution in [0.3, 0.4) is 0 Å². The van der Waals surface area contributed by atoms with Crippen LogP contribution < -0.4 is 14.8 Å². The number of alkyl halides is 2. The fourth-order valence-electron chi connectivity index (χ4n) is 4.53. The normalized spacial score (nSPS) is 15.3. The number of nitrogens with one attached hydrogen (secondary N) is 1. The molecule has 10 heteroatoms. The van der Waals surface area contributed by atoms with Gasteiger partial charge in [0.05, 0.1) is 31.0 Å². The molecule has 2 aromatic carbocycles. The molecule has 196 valence electrons. The quantitative estimate of drug-likeness (QED) is 0.349. The molecule has 4 aromatic rings. The van der Waals surface area contributed by atoms with Gasteiger partial charge in [-0.15, -0.1) is 5.10 Å². The summed E-state index contributed by atoms with van der Waals surface area (Å²) in [5.41, 5.74) is 3.19. The van der Waals surface area contributed by atoms with Gasteiger partial charge < -0.3 is 14.8 Å². The van der Waals surface area contributed by atoms with Crippen LogP contribution in [0, 0.1) is 12.7 Å². The van der Waals surface area contributed by atoms with Gasteiger partial charge in [-0.3, -0.25) is 4.79 Å². The number of aromatic nitrogens is 3. The predicted molar refractivity (Wildman–Crippen MR) is 135 cm³/mol. The first-order valence-corrected chi connectivity index (χ1v) is 12.1. The van der Waals surface area contributed by atoms with E-state index in [2.05, 4.69) is 20.5 Å². The third-order valence-corrected chi connectivity index (χ3v) is 6.57. The van der Waals surface area contributed by atoms with Crippen molar-refractivity contribution in [2.75, 3.05) is 20.3 Å². The minimum absolute atomic E-state index is 0.0320. The van der Waals surface area contributed by atoms with E-state index < -0.39 is 24.1 Å². The second-order valence-corrected chi connectivity index (χ2v) is 9.29. The Morgan fingerprint density at radius 2 is 1.92 bits per heavy atom. The molecule has 38 heavy (non-hydrogen) atoms. The average Bonchev–Trinajstić information content (AvgIpc) is 3.28. The van der Waals surface area contributed by atoms with E-state index in [1.165, 1.54) is 37.4 Å². The molecule has 0 bridgehead atoms. The van der Waals surface area contributed by atoms with Crippen LogP contribution in [0.5, 0.6) is 11.5 Å². The molecule has 2 atom stereocenters. The zero-order valence-electron chi connectivity index (χ0n) is 21.0. The summed E-state index contributed by atoms with van der Waals surface area (Å²) in [6.07, 6.45) is -2.80. The van der Waals surface area contributed by atoms with Crippen molar-refractivity contribution >= 4 is 16.8 Å². The van der Waals surface area contributed by atoms with Gasteiger partial charge in [-0.1, -0.05) is 6.92 Å². The maximum atomic E-state index is 14.3. The smallest absolute Gasteiger partial charge is 0.251 e. The molecular formula is C28H25F3N4O3. The molecule has 2 aromatic heterocycles. The third-order valence-electron chi connectivity index (χ3n) is 6.57. The van der Waals surface area contributed by atoms with Gasteiger partial charge in [0.2, 0.25) is 6.43 Å². The molecule has 0 radical (unpaired) electrons. The van der Waals surface area contributed by atoms with Gasteiger partial charge in [0, 0.05) is 34.5 Å². The van der Waals surface area contributed by atoms with Crippen LogP contribution in [0.2, 0.25) is 0 Å². The number of fused-ring (bicyclic) bond motifs is 2. The molecule has 2 unspecified atom stereocenters. The predicted octanol–water partition coefficient (Wildman–Crippen LogP) is 5.42. The van der Waals surface area contributed by atoms with E-state index in [9.17, 15) is 18.0 Å². The Morgan fingerprint density at radius 3 is 2.63 bits per heavy atom. The summed E-state index contributed by atoms with van der Waals surface area (Å²) in [7, 11) is 1.45. The van der Waals surface area contributed by atoms with Gasteiger partial charge in [-0.25, -0.2) is 18.2 Å². The summed E-state index contributed by atoms with van der Waals surface area (Å²) in [5.74, 6) is -1.52. The van der Waals surface area contributed by atoms with E-state index in [4.69, 9.17) is 9.47 Å². The van der Waals surface area contributed by atoms with Gasteiger partial charge in [-0.2, -0.15) is 5.10 Å². The highest BCUT2D eigenvalue weighted by atomic mass is 19.3. The Labute approximate surface area is 217 Å². The minimum Gasteiger partial charge on any atom is -0.494 e. The minimum atomic E-state index is -2.80. The molecule has 3 heterocycles. The molecule has 1 aliphatic rings. The van der Waals surface area contributed by atoms with Crippen LogP contribution >= 0.6 is 0 Å². The van der Waals surface area contributed by atoms with E-state index >= 15 is 0 Å². The van der Waals surface area contributed by atoms with Crippen molar-refractivity contribution in [3.63, 3.8) is 0 Å². The van der Waals surface area contributed by atoms with Crippen LogP contribution in [0.1, 0.15) is 46.1 Å². The number of pyridine rings is 1. The van der Waals surface area contributed by atoms with Crippen molar-refractivity contribution < 1.29 is 27.4 Å². The SMILES string of the molecule is COc1cc(C(=O)NCC(c2cc3c(c(-c4ccc(F)cc4)n2)OCC3C)C(F)F)cc2cc(C)nnc12. The fraction of sp³-hybridized carbons (Fsp3) is 0.286. The van der Waals surface area contributed by atoms with Crippen molar-refractivity contribution in [1.82, 2.24) is 20.5 Å². The first kappa shape index (κ1) is 25.4. The fourth-order valence-corrected chi connectivity index (χ4v) is 4.53. The molecule has 0 aliphatic carbocycles. The molecule has 0 spiro atoms. The average molecular weight is 523 g/mol. The zero-order valence-corrected chi connectivity index (χ0v) is 21.0. The molecule has 0 fully saturated rings. The summed E-state index contributed by atoms with van der Waals surface area (Å²) < 4.78 is 53.4. The van der Waals surface area contributed by atoms with Gasteiger partial charge >= 0.3 is 0 Å². The van der Waals surface area contributed by atoms with E-state index in [-0.39, 0.29) is 23.7 Å². The Balaban J connectivity index is 1.46. The summed E-state index contributed by atoms with van der Waals surface area (Å²) in [5, 5.41) is 11.4. The summed E-state index contributed by atoms with van der Waals surface area (Å²) in [4.78, 5) is 17.6. The zero-order chi connectivity index (χ0) is 27.0. The number of nitrogens with zero attached hydrogens (tertiary/aromatic N) is 3. The van der Waals surface area contributed by atoms with Crippen molar-refractivity contribution in [3.8, 4) is 22.8 Å². The van der Waals surface area contributed by atoms with Crippen LogP contribution in [-0.4, -0.2) is 47.8 Å². The highest BCUT2D eigenvalue weighted by Crippen LogP contribution is 2.42. The molecule has 1 aliphatic heterocycles. The van der Waals surface area contributed by atoms with Crippen LogP contribution in [-0.2, 0) is 0 Å². The van der Waals surface area contributed by atoms with Crippen molar-refractivity contribution in [2.45, 2.75) is 32.1 Å². The maximum absolute atomic E-state index is 14.3. The molecule has 1 N–H and O–H groups in total. The molecule has 0 saturated heterocycles. The van der Waals surface area contributed by atoms with Gasteiger partial charge in [0.25, 0.3) is 5.91 Å².